The van der Waals surface area contributed by atoms with Gasteiger partial charge in [-0.25, -0.2) is 0 Å². The lowest BCUT2D eigenvalue weighted by Gasteiger charge is -2.36. The molecular formula is C23H45IN6O. The largest absolute Gasteiger partial charge is 0.356 e. The van der Waals surface area contributed by atoms with Crippen LogP contribution < -0.4 is 10.6 Å². The van der Waals surface area contributed by atoms with Gasteiger partial charge in [-0.1, -0.05) is 25.7 Å². The van der Waals surface area contributed by atoms with Gasteiger partial charge < -0.3 is 20.4 Å². The molecule has 31 heavy (non-hydrogen) atoms. The van der Waals surface area contributed by atoms with Gasteiger partial charge in [-0.05, 0) is 51.7 Å². The van der Waals surface area contributed by atoms with Crippen molar-refractivity contribution in [2.45, 2.75) is 57.8 Å². The molecule has 0 bridgehead atoms. The van der Waals surface area contributed by atoms with Crippen molar-refractivity contribution >= 4 is 35.8 Å². The Labute approximate surface area is 206 Å². The Bertz CT molecular complexity index is 524. The van der Waals surface area contributed by atoms with Gasteiger partial charge in [0, 0.05) is 58.8 Å². The van der Waals surface area contributed by atoms with Crippen LogP contribution in [0.3, 0.4) is 0 Å². The highest BCUT2D eigenvalue weighted by molar-refractivity contribution is 14.0. The molecule has 0 aromatic carbocycles. The molecule has 1 aliphatic carbocycles. The first-order valence-corrected chi connectivity index (χ1v) is 12.4. The molecule has 7 nitrogen and oxygen atoms in total. The Morgan fingerprint density at radius 2 is 1.42 bits per heavy atom. The summed E-state index contributed by atoms with van der Waals surface area (Å²) in [5, 5.41) is 6.90. The van der Waals surface area contributed by atoms with E-state index >= 15 is 0 Å². The molecule has 1 saturated carbocycles. The first kappa shape index (κ1) is 26.6. The number of nitrogens with one attached hydrogen (secondary N) is 2. The number of piperazine rings is 1. The van der Waals surface area contributed by atoms with Gasteiger partial charge in [0.2, 0.25) is 5.91 Å². The molecule has 2 N–H and O–H groups in total. The van der Waals surface area contributed by atoms with Crippen LogP contribution in [0.25, 0.3) is 0 Å². The second kappa shape index (κ2) is 15.3. The summed E-state index contributed by atoms with van der Waals surface area (Å²) in [5.74, 6) is 1.63. The van der Waals surface area contributed by atoms with Crippen LogP contribution in [-0.4, -0.2) is 99.1 Å². The molecular weight excluding hydrogens is 503 g/mol. The Morgan fingerprint density at radius 1 is 0.806 bits per heavy atom. The standard InChI is InChI=1S/C23H44N6O.HI/c1-24-23(25-11-8-15-27-13-6-2-3-7-14-27)26-12-16-28-17-19-29(20-18-28)22(30)21-9-4-5-10-21;/h21H,2-20H2,1H3,(H2,24,25,26);1H. The maximum Gasteiger partial charge on any atom is 0.225 e. The number of hydrogen-bond donors (Lipinski definition) is 2. The molecule has 2 heterocycles. The highest BCUT2D eigenvalue weighted by Crippen LogP contribution is 2.26. The van der Waals surface area contributed by atoms with E-state index in [0.29, 0.717) is 11.8 Å². The van der Waals surface area contributed by atoms with Gasteiger partial charge >= 0.3 is 0 Å². The van der Waals surface area contributed by atoms with Gasteiger partial charge in [-0.3, -0.25) is 14.7 Å². The molecule has 3 fully saturated rings. The number of hydrogen-bond acceptors (Lipinski definition) is 4. The van der Waals surface area contributed by atoms with E-state index in [9.17, 15) is 4.79 Å². The minimum absolute atomic E-state index is 0. The second-order valence-electron chi connectivity index (χ2n) is 9.18. The summed E-state index contributed by atoms with van der Waals surface area (Å²) in [6, 6.07) is 0. The summed E-state index contributed by atoms with van der Waals surface area (Å²) >= 11 is 0. The van der Waals surface area contributed by atoms with Crippen molar-refractivity contribution in [1.82, 2.24) is 25.3 Å². The van der Waals surface area contributed by atoms with E-state index in [-0.39, 0.29) is 24.0 Å². The van der Waals surface area contributed by atoms with Crippen LogP contribution in [0.5, 0.6) is 0 Å². The van der Waals surface area contributed by atoms with Gasteiger partial charge in [-0.2, -0.15) is 0 Å². The average Bonchev–Trinajstić information content (AvgIpc) is 3.19. The minimum Gasteiger partial charge on any atom is -0.356 e. The van der Waals surface area contributed by atoms with Crippen molar-refractivity contribution in [1.29, 1.82) is 0 Å². The zero-order chi connectivity index (χ0) is 21.0. The number of carbonyl (C=O) groups is 1. The van der Waals surface area contributed by atoms with Gasteiger partial charge in [0.1, 0.15) is 0 Å². The van der Waals surface area contributed by atoms with Crippen molar-refractivity contribution < 1.29 is 4.79 Å². The summed E-state index contributed by atoms with van der Waals surface area (Å²) in [6.45, 7) is 10.3. The Balaban J connectivity index is 0.00000341. The molecule has 0 radical (unpaired) electrons. The number of likely N-dealkylation sites (tertiary alicyclic amines) is 1. The summed E-state index contributed by atoms with van der Waals surface area (Å²) < 4.78 is 0. The van der Waals surface area contributed by atoms with Crippen LogP contribution in [0.2, 0.25) is 0 Å². The predicted molar refractivity (Wildman–Crippen MR) is 139 cm³/mol. The van der Waals surface area contributed by atoms with Crippen LogP contribution >= 0.6 is 24.0 Å². The van der Waals surface area contributed by atoms with Crippen LogP contribution in [0, 0.1) is 5.92 Å². The van der Waals surface area contributed by atoms with Gasteiger partial charge in [0.05, 0.1) is 0 Å². The zero-order valence-electron chi connectivity index (χ0n) is 19.6. The summed E-state index contributed by atoms with van der Waals surface area (Å²) in [5.41, 5.74) is 0. The van der Waals surface area contributed by atoms with Crippen molar-refractivity contribution in [2.24, 2.45) is 10.9 Å². The summed E-state index contributed by atoms with van der Waals surface area (Å²) in [7, 11) is 1.84. The molecule has 0 aromatic rings. The number of guanidine groups is 1. The monoisotopic (exact) mass is 548 g/mol. The molecule has 0 aromatic heterocycles. The third kappa shape index (κ3) is 9.42. The molecule has 180 valence electrons. The predicted octanol–water partition coefficient (Wildman–Crippen LogP) is 2.37. The molecule has 1 amide bonds. The van der Waals surface area contributed by atoms with Crippen LogP contribution in [0.15, 0.2) is 4.99 Å². The van der Waals surface area contributed by atoms with Crippen LogP contribution in [0.4, 0.5) is 0 Å². The molecule has 0 spiro atoms. The highest BCUT2D eigenvalue weighted by Gasteiger charge is 2.29. The second-order valence-corrected chi connectivity index (χ2v) is 9.18. The lowest BCUT2D eigenvalue weighted by atomic mass is 10.1. The van der Waals surface area contributed by atoms with E-state index in [2.05, 4.69) is 30.3 Å². The SMILES string of the molecule is CN=C(NCCCN1CCCCCC1)NCCN1CCN(C(=O)C2CCCC2)CC1.I. The number of halogens is 1. The van der Waals surface area contributed by atoms with Crippen molar-refractivity contribution in [3.8, 4) is 0 Å². The Hall–Kier alpha value is -0.610. The van der Waals surface area contributed by atoms with Crippen molar-refractivity contribution in [2.75, 3.05) is 72.5 Å². The third-order valence-electron chi connectivity index (χ3n) is 6.97. The zero-order valence-corrected chi connectivity index (χ0v) is 21.9. The molecule has 8 heteroatoms. The first-order valence-electron chi connectivity index (χ1n) is 12.4. The van der Waals surface area contributed by atoms with E-state index in [4.69, 9.17) is 0 Å². The van der Waals surface area contributed by atoms with Crippen molar-refractivity contribution in [3.63, 3.8) is 0 Å². The number of amides is 1. The Kier molecular flexibility index (Phi) is 13.1. The number of nitrogens with zero attached hydrogens (tertiary/aromatic N) is 4. The van der Waals surface area contributed by atoms with Crippen LogP contribution in [-0.2, 0) is 4.79 Å². The number of rotatable bonds is 8. The third-order valence-corrected chi connectivity index (χ3v) is 6.97. The van der Waals surface area contributed by atoms with E-state index < -0.39 is 0 Å². The molecule has 3 aliphatic rings. The molecule has 0 unspecified atom stereocenters. The summed E-state index contributed by atoms with van der Waals surface area (Å²) in [6.07, 6.45) is 11.4. The smallest absolute Gasteiger partial charge is 0.225 e. The molecule has 2 saturated heterocycles. The van der Waals surface area contributed by atoms with E-state index in [1.54, 1.807) is 0 Å². The van der Waals surface area contributed by atoms with Gasteiger partial charge in [0.15, 0.2) is 5.96 Å². The molecule has 2 aliphatic heterocycles. The minimum atomic E-state index is 0. The van der Waals surface area contributed by atoms with E-state index in [1.165, 1.54) is 58.2 Å². The van der Waals surface area contributed by atoms with Crippen molar-refractivity contribution in [3.05, 3.63) is 0 Å². The van der Waals surface area contributed by atoms with E-state index in [1.807, 2.05) is 7.05 Å². The average molecular weight is 549 g/mol. The molecule has 3 rings (SSSR count). The lowest BCUT2D eigenvalue weighted by Crippen LogP contribution is -2.52. The maximum absolute atomic E-state index is 12.6. The van der Waals surface area contributed by atoms with Gasteiger partial charge in [-0.15, -0.1) is 24.0 Å². The normalized spacial score (nSPS) is 22.1. The topological polar surface area (TPSA) is 63.2 Å². The fraction of sp³-hybridized carbons (Fsp3) is 0.913. The van der Waals surface area contributed by atoms with Crippen LogP contribution in [0.1, 0.15) is 57.8 Å². The molecule has 0 atom stereocenters. The number of aliphatic imine (C=N–C) groups is 1. The quantitative estimate of drug-likeness (QED) is 0.211. The Morgan fingerprint density at radius 3 is 2.06 bits per heavy atom. The first-order chi connectivity index (χ1) is 14.8. The fourth-order valence-corrected chi connectivity index (χ4v) is 5.05. The fourth-order valence-electron chi connectivity index (χ4n) is 5.05. The number of carbonyl (C=O) groups excluding carboxylic acids is 1. The van der Waals surface area contributed by atoms with E-state index in [0.717, 1.165) is 71.0 Å². The van der Waals surface area contributed by atoms with Gasteiger partial charge in [0.25, 0.3) is 0 Å². The lowest BCUT2D eigenvalue weighted by molar-refractivity contribution is -0.137. The summed E-state index contributed by atoms with van der Waals surface area (Å²) in [4.78, 5) is 24.1. The highest BCUT2D eigenvalue weighted by atomic mass is 127. The maximum atomic E-state index is 12.6.